The number of hydrogen-bond donors (Lipinski definition) is 1. The zero-order chi connectivity index (χ0) is 13.1. The molecule has 0 saturated heterocycles. The van der Waals surface area contributed by atoms with Crippen LogP contribution in [-0.4, -0.2) is 27.7 Å². The van der Waals surface area contributed by atoms with Gasteiger partial charge in [0.2, 0.25) is 11.7 Å². The Balaban J connectivity index is 1.68. The van der Waals surface area contributed by atoms with Gasteiger partial charge in [-0.1, -0.05) is 18.1 Å². The zero-order valence-electron chi connectivity index (χ0n) is 11.1. The first-order valence-electron chi connectivity index (χ1n) is 6.87. The highest BCUT2D eigenvalue weighted by atomic mass is 16.5. The average Bonchev–Trinajstić information content (AvgIpc) is 3.15. The standard InChI is InChI=1S/C14H18N4O/c1-2-10-4-3-8-16-13(10)14-17-12(19-18-14)7-9-15-11-5-6-11/h3-4,8,11,15H,2,5-7,9H2,1H3. The predicted molar refractivity (Wildman–Crippen MR) is 71.6 cm³/mol. The van der Waals surface area contributed by atoms with Crippen molar-refractivity contribution in [2.75, 3.05) is 6.54 Å². The first-order chi connectivity index (χ1) is 9.36. The molecule has 19 heavy (non-hydrogen) atoms. The lowest BCUT2D eigenvalue weighted by Gasteiger charge is -2.00. The normalized spacial score (nSPS) is 14.8. The van der Waals surface area contributed by atoms with E-state index in [9.17, 15) is 0 Å². The van der Waals surface area contributed by atoms with Crippen molar-refractivity contribution in [2.24, 2.45) is 0 Å². The molecule has 1 fully saturated rings. The fourth-order valence-electron chi connectivity index (χ4n) is 2.05. The Morgan fingerprint density at radius 1 is 1.42 bits per heavy atom. The quantitative estimate of drug-likeness (QED) is 0.858. The predicted octanol–water partition coefficient (Wildman–Crippen LogP) is 1.99. The molecule has 3 rings (SSSR count). The molecule has 0 radical (unpaired) electrons. The Morgan fingerprint density at radius 2 is 2.32 bits per heavy atom. The van der Waals surface area contributed by atoms with E-state index < -0.39 is 0 Å². The third-order valence-corrected chi connectivity index (χ3v) is 3.30. The van der Waals surface area contributed by atoms with E-state index in [0.29, 0.717) is 17.8 Å². The van der Waals surface area contributed by atoms with Gasteiger partial charge in [0.15, 0.2) is 0 Å². The zero-order valence-corrected chi connectivity index (χ0v) is 11.1. The van der Waals surface area contributed by atoms with E-state index in [4.69, 9.17) is 4.52 Å². The SMILES string of the molecule is CCc1cccnc1-c1noc(CCNC2CC2)n1. The summed E-state index contributed by atoms with van der Waals surface area (Å²) in [6.45, 7) is 3.00. The summed E-state index contributed by atoms with van der Waals surface area (Å²) >= 11 is 0. The molecule has 2 heterocycles. The molecule has 2 aromatic rings. The molecular weight excluding hydrogens is 240 g/mol. The van der Waals surface area contributed by atoms with E-state index in [1.165, 1.54) is 12.8 Å². The lowest BCUT2D eigenvalue weighted by atomic mass is 10.1. The van der Waals surface area contributed by atoms with Crippen LogP contribution < -0.4 is 5.32 Å². The van der Waals surface area contributed by atoms with Crippen molar-refractivity contribution in [3.05, 3.63) is 29.8 Å². The van der Waals surface area contributed by atoms with Crippen LogP contribution in [0.5, 0.6) is 0 Å². The fraction of sp³-hybridized carbons (Fsp3) is 0.500. The van der Waals surface area contributed by atoms with Gasteiger partial charge in [0.25, 0.3) is 0 Å². The van der Waals surface area contributed by atoms with Crippen molar-refractivity contribution in [2.45, 2.75) is 38.6 Å². The second-order valence-electron chi connectivity index (χ2n) is 4.85. The minimum absolute atomic E-state index is 0.596. The van der Waals surface area contributed by atoms with Gasteiger partial charge in [0.1, 0.15) is 5.69 Å². The molecule has 100 valence electrons. The molecule has 1 saturated carbocycles. The van der Waals surface area contributed by atoms with Gasteiger partial charge in [-0.2, -0.15) is 4.98 Å². The summed E-state index contributed by atoms with van der Waals surface area (Å²) < 4.78 is 5.28. The highest BCUT2D eigenvalue weighted by Crippen LogP contribution is 2.19. The van der Waals surface area contributed by atoms with Crippen molar-refractivity contribution in [3.63, 3.8) is 0 Å². The molecule has 5 nitrogen and oxygen atoms in total. The third-order valence-electron chi connectivity index (χ3n) is 3.30. The second kappa shape index (κ2) is 5.48. The Kier molecular flexibility index (Phi) is 3.55. The number of hydrogen-bond acceptors (Lipinski definition) is 5. The second-order valence-corrected chi connectivity index (χ2v) is 4.85. The topological polar surface area (TPSA) is 63.8 Å². The fourth-order valence-corrected chi connectivity index (χ4v) is 2.05. The molecular formula is C14H18N4O. The van der Waals surface area contributed by atoms with Gasteiger partial charge in [-0.25, -0.2) is 0 Å². The van der Waals surface area contributed by atoms with Gasteiger partial charge in [0.05, 0.1) is 0 Å². The molecule has 0 aromatic carbocycles. The number of nitrogens with one attached hydrogen (secondary N) is 1. The lowest BCUT2D eigenvalue weighted by molar-refractivity contribution is 0.376. The summed E-state index contributed by atoms with van der Waals surface area (Å²) in [4.78, 5) is 8.78. The Bertz CT molecular complexity index is 548. The van der Waals surface area contributed by atoms with Gasteiger partial charge in [-0.05, 0) is 30.9 Å². The molecule has 0 aliphatic heterocycles. The van der Waals surface area contributed by atoms with Crippen molar-refractivity contribution in [1.82, 2.24) is 20.4 Å². The number of aromatic nitrogens is 3. The molecule has 0 unspecified atom stereocenters. The van der Waals surface area contributed by atoms with Crippen LogP contribution in [0.15, 0.2) is 22.9 Å². The number of pyridine rings is 1. The van der Waals surface area contributed by atoms with E-state index in [1.807, 2.05) is 12.1 Å². The minimum Gasteiger partial charge on any atom is -0.339 e. The highest BCUT2D eigenvalue weighted by Gasteiger charge is 2.20. The van der Waals surface area contributed by atoms with Crippen LogP contribution in [0, 0.1) is 0 Å². The average molecular weight is 258 g/mol. The van der Waals surface area contributed by atoms with E-state index in [1.54, 1.807) is 6.20 Å². The van der Waals surface area contributed by atoms with Gasteiger partial charge >= 0.3 is 0 Å². The molecule has 5 heteroatoms. The number of rotatable bonds is 6. The third kappa shape index (κ3) is 2.98. The van der Waals surface area contributed by atoms with E-state index in [0.717, 1.165) is 30.6 Å². The van der Waals surface area contributed by atoms with Crippen molar-refractivity contribution >= 4 is 0 Å². The molecule has 0 amide bonds. The Labute approximate surface area is 112 Å². The number of nitrogens with zero attached hydrogens (tertiary/aromatic N) is 3. The van der Waals surface area contributed by atoms with Crippen LogP contribution in [0.1, 0.15) is 31.2 Å². The lowest BCUT2D eigenvalue weighted by Crippen LogP contribution is -2.19. The summed E-state index contributed by atoms with van der Waals surface area (Å²) in [6, 6.07) is 4.69. The van der Waals surface area contributed by atoms with Gasteiger partial charge < -0.3 is 9.84 Å². The highest BCUT2D eigenvalue weighted by molar-refractivity contribution is 5.53. The summed E-state index contributed by atoms with van der Waals surface area (Å²) in [5.41, 5.74) is 1.97. The van der Waals surface area contributed by atoms with Crippen LogP contribution in [0.25, 0.3) is 11.5 Å². The van der Waals surface area contributed by atoms with Crippen molar-refractivity contribution in [3.8, 4) is 11.5 Å². The van der Waals surface area contributed by atoms with Crippen molar-refractivity contribution < 1.29 is 4.52 Å². The van der Waals surface area contributed by atoms with Crippen LogP contribution in [0.4, 0.5) is 0 Å². The van der Waals surface area contributed by atoms with Crippen LogP contribution >= 0.6 is 0 Å². The van der Waals surface area contributed by atoms with Crippen LogP contribution in [-0.2, 0) is 12.8 Å². The molecule has 0 atom stereocenters. The molecule has 1 aliphatic carbocycles. The maximum atomic E-state index is 5.28. The molecule has 0 bridgehead atoms. The first kappa shape index (κ1) is 12.3. The summed E-state index contributed by atoms with van der Waals surface area (Å²) in [6.07, 6.45) is 6.04. The van der Waals surface area contributed by atoms with Gasteiger partial charge in [-0.15, -0.1) is 0 Å². The Hall–Kier alpha value is -1.75. The summed E-state index contributed by atoms with van der Waals surface area (Å²) in [5, 5.41) is 7.47. The van der Waals surface area contributed by atoms with E-state index in [2.05, 4.69) is 27.4 Å². The van der Waals surface area contributed by atoms with E-state index in [-0.39, 0.29) is 0 Å². The van der Waals surface area contributed by atoms with Gasteiger partial charge in [0, 0.05) is 25.2 Å². The number of aryl methyl sites for hydroxylation is 1. The molecule has 1 N–H and O–H groups in total. The smallest absolute Gasteiger partial charge is 0.228 e. The van der Waals surface area contributed by atoms with Gasteiger partial charge in [-0.3, -0.25) is 4.98 Å². The van der Waals surface area contributed by atoms with Crippen LogP contribution in [0.3, 0.4) is 0 Å². The monoisotopic (exact) mass is 258 g/mol. The maximum absolute atomic E-state index is 5.28. The van der Waals surface area contributed by atoms with E-state index >= 15 is 0 Å². The first-order valence-corrected chi connectivity index (χ1v) is 6.87. The Morgan fingerprint density at radius 3 is 3.11 bits per heavy atom. The molecule has 0 spiro atoms. The summed E-state index contributed by atoms with van der Waals surface area (Å²) in [7, 11) is 0. The van der Waals surface area contributed by atoms with Crippen molar-refractivity contribution in [1.29, 1.82) is 0 Å². The largest absolute Gasteiger partial charge is 0.339 e. The summed E-state index contributed by atoms with van der Waals surface area (Å²) in [5.74, 6) is 1.27. The van der Waals surface area contributed by atoms with Crippen LogP contribution in [0.2, 0.25) is 0 Å². The molecule has 2 aromatic heterocycles. The minimum atomic E-state index is 0.596. The maximum Gasteiger partial charge on any atom is 0.228 e. The molecule has 1 aliphatic rings.